The molecule has 1 aromatic heterocycles. The van der Waals surface area contributed by atoms with Crippen LogP contribution in [0.4, 0.5) is 0 Å². The van der Waals surface area contributed by atoms with Crippen LogP contribution in [0.2, 0.25) is 0 Å². The molecule has 0 radical (unpaired) electrons. The van der Waals surface area contributed by atoms with E-state index in [1.165, 1.54) is 29.2 Å². The highest BCUT2D eigenvalue weighted by Crippen LogP contribution is 2.23. The second-order valence-corrected chi connectivity index (χ2v) is 5.26. The van der Waals surface area contributed by atoms with Gasteiger partial charge in [-0.1, -0.05) is 48.5 Å². The zero-order valence-corrected chi connectivity index (χ0v) is 13.3. The largest absolute Gasteiger partial charge is 1.00 e. The van der Waals surface area contributed by atoms with Crippen LogP contribution >= 0.6 is 0 Å². The van der Waals surface area contributed by atoms with Crippen LogP contribution in [0.3, 0.4) is 0 Å². The second-order valence-electron chi connectivity index (χ2n) is 5.26. The van der Waals surface area contributed by atoms with Crippen LogP contribution in [0.25, 0.3) is 16.9 Å². The van der Waals surface area contributed by atoms with Crippen molar-refractivity contribution in [3.05, 3.63) is 72.7 Å². The van der Waals surface area contributed by atoms with Crippen LogP contribution in [0.5, 0.6) is 0 Å². The number of para-hydroxylation sites is 1. The molecule has 2 aromatic carbocycles. The predicted molar refractivity (Wildman–Crippen MR) is 79.7 cm³/mol. The summed E-state index contributed by atoms with van der Waals surface area (Å²) in [5.41, 5.74) is 3.87. The Bertz CT molecular complexity index is 671. The molecule has 21 heavy (non-hydrogen) atoms. The first-order valence-corrected chi connectivity index (χ1v) is 7.18. The third kappa shape index (κ3) is 2.42. The molecule has 1 aliphatic heterocycles. The van der Waals surface area contributed by atoms with Gasteiger partial charge in [0.05, 0.1) is 13.0 Å². The molecule has 0 spiro atoms. The molecule has 2 nitrogen and oxygen atoms in total. The van der Waals surface area contributed by atoms with Crippen LogP contribution in [-0.2, 0) is 13.0 Å². The lowest BCUT2D eigenvalue weighted by molar-refractivity contribution is -0.679. The van der Waals surface area contributed by atoms with Crippen LogP contribution in [0, 0.1) is 0 Å². The fourth-order valence-corrected chi connectivity index (χ4v) is 3.09. The number of aromatic nitrogens is 2. The molecule has 0 bridgehead atoms. The molecular formula is C18H17BrN2. The average Bonchev–Trinajstić information content (AvgIpc) is 3.11. The van der Waals surface area contributed by atoms with E-state index in [0.29, 0.717) is 0 Å². The van der Waals surface area contributed by atoms with Crippen LogP contribution in [0.15, 0.2) is 66.9 Å². The molecule has 1 aliphatic rings. The summed E-state index contributed by atoms with van der Waals surface area (Å²) in [7, 11) is 0. The number of benzene rings is 2. The summed E-state index contributed by atoms with van der Waals surface area (Å²) < 4.78 is 4.80. The van der Waals surface area contributed by atoms with E-state index < -0.39 is 0 Å². The van der Waals surface area contributed by atoms with E-state index in [1.54, 1.807) is 0 Å². The number of hydrogen-bond acceptors (Lipinski definition) is 0. The van der Waals surface area contributed by atoms with Gasteiger partial charge < -0.3 is 17.0 Å². The zero-order chi connectivity index (χ0) is 13.4. The maximum absolute atomic E-state index is 2.46. The van der Waals surface area contributed by atoms with Gasteiger partial charge in [-0.15, -0.1) is 0 Å². The van der Waals surface area contributed by atoms with Crippen molar-refractivity contribution >= 4 is 0 Å². The molecule has 3 aromatic rings. The molecule has 0 amide bonds. The fourth-order valence-electron chi connectivity index (χ4n) is 3.09. The van der Waals surface area contributed by atoms with Gasteiger partial charge in [0.15, 0.2) is 5.69 Å². The standard InChI is InChI=1S/C18H17N2.BrH/c1-3-8-15(9-4-1)17-14-20(16-10-5-2-6-11-16)18-12-7-13-19(17)18;/h1-6,8-11,14H,7,12-13H2;1H/q+1;/p-1. The van der Waals surface area contributed by atoms with E-state index in [1.807, 2.05) is 0 Å². The maximum Gasteiger partial charge on any atom is 0.262 e. The SMILES string of the molecule is [Br-].c1ccc(-c2cn(-c3ccccc3)c3[n+]2CCC3)cc1. The van der Waals surface area contributed by atoms with Crippen LogP contribution in [0.1, 0.15) is 12.2 Å². The van der Waals surface area contributed by atoms with Crippen molar-refractivity contribution in [2.45, 2.75) is 19.4 Å². The van der Waals surface area contributed by atoms with Crippen molar-refractivity contribution in [1.82, 2.24) is 4.57 Å². The Hall–Kier alpha value is -1.87. The summed E-state index contributed by atoms with van der Waals surface area (Å²) >= 11 is 0. The third-order valence-corrected chi connectivity index (χ3v) is 4.02. The van der Waals surface area contributed by atoms with Crippen molar-refractivity contribution < 1.29 is 21.5 Å². The highest BCUT2D eigenvalue weighted by molar-refractivity contribution is 5.56. The summed E-state index contributed by atoms with van der Waals surface area (Å²) in [4.78, 5) is 0. The average molecular weight is 341 g/mol. The Morgan fingerprint density at radius 2 is 1.52 bits per heavy atom. The van der Waals surface area contributed by atoms with E-state index in [-0.39, 0.29) is 17.0 Å². The van der Waals surface area contributed by atoms with Crippen LogP contribution < -0.4 is 21.5 Å². The summed E-state index contributed by atoms with van der Waals surface area (Å²) in [6.07, 6.45) is 4.67. The van der Waals surface area contributed by atoms with Gasteiger partial charge in [0.2, 0.25) is 0 Å². The third-order valence-electron chi connectivity index (χ3n) is 4.02. The monoisotopic (exact) mass is 340 g/mol. The van der Waals surface area contributed by atoms with Gasteiger partial charge in [-0.2, -0.15) is 4.57 Å². The quantitative estimate of drug-likeness (QED) is 0.596. The number of fused-ring (bicyclic) bond motifs is 1. The molecule has 106 valence electrons. The lowest BCUT2D eigenvalue weighted by atomic mass is 10.2. The van der Waals surface area contributed by atoms with Gasteiger partial charge in [0.25, 0.3) is 5.82 Å². The topological polar surface area (TPSA) is 8.81 Å². The Morgan fingerprint density at radius 1 is 0.857 bits per heavy atom. The van der Waals surface area contributed by atoms with Crippen molar-refractivity contribution in [2.24, 2.45) is 0 Å². The number of halogens is 1. The van der Waals surface area contributed by atoms with Gasteiger partial charge >= 0.3 is 0 Å². The summed E-state index contributed by atoms with van der Waals surface area (Å²) in [6.45, 7) is 1.12. The smallest absolute Gasteiger partial charge is 0.262 e. The Kier molecular flexibility index (Phi) is 3.93. The molecule has 3 heteroatoms. The first kappa shape index (κ1) is 14.1. The molecule has 0 fully saturated rings. The highest BCUT2D eigenvalue weighted by atomic mass is 79.9. The van der Waals surface area contributed by atoms with Crippen LogP contribution in [-0.4, -0.2) is 4.57 Å². The Balaban J connectivity index is 0.00000132. The minimum atomic E-state index is 0. The van der Waals surface area contributed by atoms with E-state index in [9.17, 15) is 0 Å². The summed E-state index contributed by atoms with van der Waals surface area (Å²) in [6, 6.07) is 21.3. The first-order chi connectivity index (χ1) is 9.93. The van der Waals surface area contributed by atoms with Crippen molar-refractivity contribution in [3.63, 3.8) is 0 Å². The molecule has 4 rings (SSSR count). The molecule has 2 heterocycles. The van der Waals surface area contributed by atoms with Gasteiger partial charge in [-0.25, -0.2) is 4.57 Å². The second kappa shape index (κ2) is 5.86. The normalized spacial score (nSPS) is 12.8. The van der Waals surface area contributed by atoms with Gasteiger partial charge in [0.1, 0.15) is 11.9 Å². The molecular weight excluding hydrogens is 324 g/mol. The minimum Gasteiger partial charge on any atom is -1.00 e. The lowest BCUT2D eigenvalue weighted by Crippen LogP contribution is -3.00. The van der Waals surface area contributed by atoms with E-state index in [2.05, 4.69) is 76.0 Å². The number of imidazole rings is 1. The molecule has 0 saturated heterocycles. The molecule has 0 aliphatic carbocycles. The van der Waals surface area contributed by atoms with Gasteiger partial charge in [-0.3, -0.25) is 0 Å². The molecule has 0 N–H and O–H groups in total. The Labute approximate surface area is 135 Å². The zero-order valence-electron chi connectivity index (χ0n) is 11.7. The molecule has 0 unspecified atom stereocenters. The highest BCUT2D eigenvalue weighted by Gasteiger charge is 2.29. The van der Waals surface area contributed by atoms with Crippen molar-refractivity contribution in [3.8, 4) is 16.9 Å². The fraction of sp³-hybridized carbons (Fsp3) is 0.167. The first-order valence-electron chi connectivity index (χ1n) is 7.18. The van der Waals surface area contributed by atoms with Crippen molar-refractivity contribution in [1.29, 1.82) is 0 Å². The number of hydrogen-bond donors (Lipinski definition) is 0. The summed E-state index contributed by atoms with van der Waals surface area (Å²) in [5.74, 6) is 1.41. The van der Waals surface area contributed by atoms with E-state index >= 15 is 0 Å². The lowest BCUT2D eigenvalue weighted by Gasteiger charge is -1.97. The van der Waals surface area contributed by atoms with Crippen molar-refractivity contribution in [2.75, 3.05) is 0 Å². The summed E-state index contributed by atoms with van der Waals surface area (Å²) in [5, 5.41) is 0. The molecule has 0 atom stereocenters. The predicted octanol–water partition coefficient (Wildman–Crippen LogP) is 0.382. The molecule has 0 saturated carbocycles. The van der Waals surface area contributed by atoms with Gasteiger partial charge in [0, 0.05) is 5.56 Å². The number of nitrogens with zero attached hydrogens (tertiary/aromatic N) is 2. The Morgan fingerprint density at radius 3 is 2.24 bits per heavy atom. The number of rotatable bonds is 2. The van der Waals surface area contributed by atoms with E-state index in [0.717, 1.165) is 13.0 Å². The van der Waals surface area contributed by atoms with E-state index in [4.69, 9.17) is 0 Å². The maximum atomic E-state index is 2.46. The minimum absolute atomic E-state index is 0. The van der Waals surface area contributed by atoms with Gasteiger partial charge in [-0.05, 0) is 18.6 Å².